The van der Waals surface area contributed by atoms with Crippen LogP contribution in [0.1, 0.15) is 19.8 Å². The van der Waals surface area contributed by atoms with Crippen LogP contribution in [0.25, 0.3) is 0 Å². The van der Waals surface area contributed by atoms with Gasteiger partial charge in [-0.3, -0.25) is 0 Å². The van der Waals surface area contributed by atoms with Crippen LogP contribution in [0.3, 0.4) is 0 Å². The average Bonchev–Trinajstić information content (AvgIpc) is 2.36. The molecule has 1 aliphatic heterocycles. The molecule has 1 aliphatic rings. The van der Waals surface area contributed by atoms with E-state index >= 15 is 0 Å². The summed E-state index contributed by atoms with van der Waals surface area (Å²) < 4.78 is 0.944. The van der Waals surface area contributed by atoms with E-state index in [0.29, 0.717) is 6.73 Å². The van der Waals surface area contributed by atoms with Crippen LogP contribution in [0.5, 0.6) is 0 Å². The third-order valence-corrected chi connectivity index (χ3v) is 2.49. The summed E-state index contributed by atoms with van der Waals surface area (Å²) in [5.41, 5.74) is 0. The van der Waals surface area contributed by atoms with E-state index in [1.807, 2.05) is 0 Å². The van der Waals surface area contributed by atoms with Crippen LogP contribution < -0.4 is 0 Å². The number of rotatable bonds is 2. The molecule has 0 spiro atoms. The van der Waals surface area contributed by atoms with Crippen molar-refractivity contribution in [2.45, 2.75) is 19.8 Å². The number of hydrogen-bond donors (Lipinski definition) is 1. The quantitative estimate of drug-likeness (QED) is 0.542. The maximum absolute atomic E-state index is 8.99. The van der Waals surface area contributed by atoms with Gasteiger partial charge in [0, 0.05) is 12.8 Å². The van der Waals surface area contributed by atoms with Crippen molar-refractivity contribution < 1.29 is 9.59 Å². The van der Waals surface area contributed by atoms with Crippen molar-refractivity contribution >= 4 is 0 Å². The highest BCUT2D eigenvalue weighted by atomic mass is 16.3. The number of nitrogens with zero attached hydrogens (tertiary/aromatic N) is 1. The van der Waals surface area contributed by atoms with E-state index in [9.17, 15) is 0 Å². The predicted molar refractivity (Wildman–Crippen MR) is 36.9 cm³/mol. The third-order valence-electron chi connectivity index (χ3n) is 2.49. The first-order chi connectivity index (χ1) is 4.33. The third kappa shape index (κ3) is 1.25. The zero-order chi connectivity index (χ0) is 6.74. The fourth-order valence-electron chi connectivity index (χ4n) is 1.56. The molecule has 1 N–H and O–H groups in total. The second kappa shape index (κ2) is 2.67. The number of aliphatic hydroxyl groups is 1. The fourth-order valence-corrected chi connectivity index (χ4v) is 1.56. The van der Waals surface area contributed by atoms with E-state index in [0.717, 1.165) is 11.0 Å². The molecule has 0 aromatic carbocycles. The van der Waals surface area contributed by atoms with Gasteiger partial charge in [-0.25, -0.2) is 0 Å². The maximum Gasteiger partial charge on any atom is 0.180 e. The zero-order valence-corrected chi connectivity index (χ0v) is 6.14. The van der Waals surface area contributed by atoms with Gasteiger partial charge in [-0.2, -0.15) is 0 Å². The van der Waals surface area contributed by atoms with Crippen molar-refractivity contribution in [3.8, 4) is 0 Å². The Balaban J connectivity index is 2.45. The summed E-state index contributed by atoms with van der Waals surface area (Å²) in [4.78, 5) is 0. The van der Waals surface area contributed by atoms with Crippen LogP contribution in [0, 0.1) is 0 Å². The summed E-state index contributed by atoms with van der Waals surface area (Å²) in [6, 6.07) is 0. The van der Waals surface area contributed by atoms with Crippen LogP contribution in [-0.4, -0.2) is 36.0 Å². The van der Waals surface area contributed by atoms with Crippen molar-refractivity contribution in [2.24, 2.45) is 0 Å². The van der Waals surface area contributed by atoms with Crippen molar-refractivity contribution in [1.29, 1.82) is 0 Å². The first-order valence-electron chi connectivity index (χ1n) is 3.79. The molecular formula is C7H16NO+. The van der Waals surface area contributed by atoms with Crippen LogP contribution in [0.15, 0.2) is 0 Å². The molecule has 0 amide bonds. The molecule has 2 heteroatoms. The highest BCUT2D eigenvalue weighted by Gasteiger charge is 2.28. The normalized spacial score (nSPS) is 24.7. The SMILES string of the molecule is CC[N+]1(CO)CCCC1. The average molecular weight is 130 g/mol. The Morgan fingerprint density at radius 1 is 1.33 bits per heavy atom. The van der Waals surface area contributed by atoms with E-state index in [1.54, 1.807) is 0 Å². The Morgan fingerprint density at radius 2 is 1.89 bits per heavy atom. The molecule has 0 aromatic rings. The zero-order valence-electron chi connectivity index (χ0n) is 6.14. The van der Waals surface area contributed by atoms with Gasteiger partial charge in [0.05, 0.1) is 19.6 Å². The van der Waals surface area contributed by atoms with E-state index < -0.39 is 0 Å². The molecule has 0 atom stereocenters. The minimum Gasteiger partial charge on any atom is -0.347 e. The second-order valence-corrected chi connectivity index (χ2v) is 2.95. The van der Waals surface area contributed by atoms with Crippen LogP contribution >= 0.6 is 0 Å². The second-order valence-electron chi connectivity index (χ2n) is 2.95. The standard InChI is InChI=1S/C7H16NO/c1-2-8(7-9)5-3-4-6-8/h9H,2-7H2,1H3/q+1. The molecule has 0 saturated carbocycles. The maximum atomic E-state index is 8.99. The first-order valence-corrected chi connectivity index (χ1v) is 3.79. The van der Waals surface area contributed by atoms with Gasteiger partial charge in [-0.05, 0) is 6.92 Å². The lowest BCUT2D eigenvalue weighted by Gasteiger charge is -2.29. The summed E-state index contributed by atoms with van der Waals surface area (Å²) in [6.45, 7) is 5.97. The molecule has 1 fully saturated rings. The topological polar surface area (TPSA) is 20.2 Å². The molecule has 0 unspecified atom stereocenters. The molecule has 9 heavy (non-hydrogen) atoms. The van der Waals surface area contributed by atoms with Gasteiger partial charge in [0.25, 0.3) is 0 Å². The predicted octanol–water partition coefficient (Wildman–Crippen LogP) is 0.567. The molecule has 54 valence electrons. The van der Waals surface area contributed by atoms with Gasteiger partial charge in [-0.15, -0.1) is 0 Å². The molecular weight excluding hydrogens is 114 g/mol. The van der Waals surface area contributed by atoms with Crippen molar-refractivity contribution in [2.75, 3.05) is 26.4 Å². The molecule has 0 radical (unpaired) electrons. The van der Waals surface area contributed by atoms with Gasteiger partial charge in [-0.1, -0.05) is 0 Å². The minimum absolute atomic E-state index is 0.344. The lowest BCUT2D eigenvalue weighted by atomic mass is 10.4. The summed E-state index contributed by atoms with van der Waals surface area (Å²) in [7, 11) is 0. The van der Waals surface area contributed by atoms with Gasteiger partial charge in [0.2, 0.25) is 0 Å². The molecule has 1 rings (SSSR count). The van der Waals surface area contributed by atoms with Gasteiger partial charge in [0.1, 0.15) is 0 Å². The molecule has 0 aliphatic carbocycles. The van der Waals surface area contributed by atoms with E-state index in [2.05, 4.69) is 6.92 Å². The van der Waals surface area contributed by atoms with Crippen LogP contribution in [0.4, 0.5) is 0 Å². The highest BCUT2D eigenvalue weighted by molar-refractivity contribution is 4.50. The number of likely N-dealkylation sites (tertiary alicyclic amines) is 1. The van der Waals surface area contributed by atoms with Crippen LogP contribution in [-0.2, 0) is 0 Å². The summed E-state index contributed by atoms with van der Waals surface area (Å²) in [5.74, 6) is 0. The van der Waals surface area contributed by atoms with Crippen molar-refractivity contribution in [3.05, 3.63) is 0 Å². The molecule has 2 nitrogen and oxygen atoms in total. The lowest BCUT2D eigenvalue weighted by Crippen LogP contribution is -2.45. The molecule has 1 saturated heterocycles. The Kier molecular flexibility index (Phi) is 2.09. The number of aliphatic hydroxyl groups excluding tert-OH is 1. The monoisotopic (exact) mass is 130 g/mol. The smallest absolute Gasteiger partial charge is 0.180 e. The van der Waals surface area contributed by atoms with Crippen molar-refractivity contribution in [1.82, 2.24) is 0 Å². The van der Waals surface area contributed by atoms with Gasteiger partial charge in [0.15, 0.2) is 6.73 Å². The summed E-state index contributed by atoms with van der Waals surface area (Å²) >= 11 is 0. The van der Waals surface area contributed by atoms with Gasteiger partial charge >= 0.3 is 0 Å². The molecule has 1 heterocycles. The summed E-state index contributed by atoms with van der Waals surface area (Å²) in [5, 5.41) is 8.99. The van der Waals surface area contributed by atoms with Gasteiger partial charge < -0.3 is 9.59 Å². The Hall–Kier alpha value is -0.0800. The number of hydrogen-bond acceptors (Lipinski definition) is 1. The van der Waals surface area contributed by atoms with Crippen LogP contribution in [0.2, 0.25) is 0 Å². The van der Waals surface area contributed by atoms with E-state index in [-0.39, 0.29) is 0 Å². The Bertz CT molecular complexity index is 80.9. The summed E-state index contributed by atoms with van der Waals surface area (Å²) in [6.07, 6.45) is 2.60. The molecule has 0 bridgehead atoms. The first kappa shape index (κ1) is 7.03. The minimum atomic E-state index is 0.344. The highest BCUT2D eigenvalue weighted by Crippen LogP contribution is 2.16. The molecule has 0 aromatic heterocycles. The number of quaternary nitrogens is 1. The fraction of sp³-hybridized carbons (Fsp3) is 1.00. The lowest BCUT2D eigenvalue weighted by molar-refractivity contribution is -0.932. The van der Waals surface area contributed by atoms with E-state index in [1.165, 1.54) is 25.9 Å². The largest absolute Gasteiger partial charge is 0.347 e. The Morgan fingerprint density at radius 3 is 2.11 bits per heavy atom. The van der Waals surface area contributed by atoms with E-state index in [4.69, 9.17) is 5.11 Å². The van der Waals surface area contributed by atoms with Crippen molar-refractivity contribution in [3.63, 3.8) is 0 Å². The Labute approximate surface area is 56.7 Å².